The Morgan fingerprint density at radius 1 is 0.579 bits per heavy atom. The molecule has 0 atom stereocenters. The summed E-state index contributed by atoms with van der Waals surface area (Å²) in [6.07, 6.45) is 0. The minimum Gasteiger partial charge on any atom is -0.745 e. The largest absolute Gasteiger partial charge is 3.00 e. The molecule has 0 fully saturated rings. The summed E-state index contributed by atoms with van der Waals surface area (Å²) in [7, 11) is -12.4. The standard InChI is InChI=1S/3C2H4O3S.Er/c3*1-2-6(3,4)5;/h3*2H,1H2,(H,3,4,5);/q;;;+3/p-3. The Morgan fingerprint density at radius 3 is 0.632 bits per heavy atom. The van der Waals surface area contributed by atoms with Crippen molar-refractivity contribution in [2.45, 2.75) is 0 Å². The average Bonchev–Trinajstić information content (AvgIpc) is 2.16. The first-order valence-corrected chi connectivity index (χ1v) is 7.85. The van der Waals surface area contributed by atoms with Crippen LogP contribution in [0.1, 0.15) is 0 Å². The zero-order valence-corrected chi connectivity index (χ0v) is 13.3. The first-order chi connectivity index (χ1) is 7.68. The van der Waals surface area contributed by atoms with E-state index in [0.717, 1.165) is 0 Å². The van der Waals surface area contributed by atoms with Gasteiger partial charge in [-0.1, -0.05) is 19.7 Å². The van der Waals surface area contributed by atoms with Crippen LogP contribution in [0.25, 0.3) is 0 Å². The van der Waals surface area contributed by atoms with Crippen molar-refractivity contribution < 1.29 is 76.2 Å². The second-order valence-electron chi connectivity index (χ2n) is 1.98. The van der Waals surface area contributed by atoms with E-state index in [1.807, 2.05) is 0 Å². The van der Waals surface area contributed by atoms with Gasteiger partial charge in [0.05, 0.1) is 0 Å². The molecule has 0 aromatic heterocycles. The minimum absolute atomic E-state index is 0. The summed E-state index contributed by atoms with van der Waals surface area (Å²) in [5.74, 6) is 0. The quantitative estimate of drug-likeness (QED) is 0.453. The van der Waals surface area contributed by atoms with Gasteiger partial charge in [-0.2, -0.15) is 0 Å². The fourth-order valence-electron chi connectivity index (χ4n) is 0. The van der Waals surface area contributed by atoms with Crippen LogP contribution in [0.3, 0.4) is 0 Å². The van der Waals surface area contributed by atoms with Crippen LogP contribution in [0.2, 0.25) is 0 Å². The zero-order chi connectivity index (χ0) is 15.6. The molecule has 0 rings (SSSR count). The Bertz CT molecular complexity index is 449. The Kier molecular flexibility index (Phi) is 17.4. The molecule has 13 heteroatoms. The third-order valence-corrected chi connectivity index (χ3v) is 1.84. The molecule has 0 aliphatic rings. The van der Waals surface area contributed by atoms with E-state index >= 15 is 0 Å². The molecule has 1 radical (unpaired) electrons. The molecule has 117 valence electrons. The summed E-state index contributed by atoms with van der Waals surface area (Å²) in [5.41, 5.74) is 0. The summed E-state index contributed by atoms with van der Waals surface area (Å²) in [6, 6.07) is 0. The molecule has 0 bridgehead atoms. The van der Waals surface area contributed by atoms with E-state index in [1.54, 1.807) is 0 Å². The van der Waals surface area contributed by atoms with Crippen molar-refractivity contribution in [3.63, 3.8) is 0 Å². The maximum absolute atomic E-state index is 9.33. The first kappa shape index (κ1) is 27.5. The van der Waals surface area contributed by atoms with E-state index in [-0.39, 0.29) is 37.3 Å². The van der Waals surface area contributed by atoms with Crippen molar-refractivity contribution >= 4 is 30.4 Å². The van der Waals surface area contributed by atoms with Gasteiger partial charge >= 0.3 is 37.3 Å². The normalized spacial score (nSPS) is 10.3. The van der Waals surface area contributed by atoms with Crippen molar-refractivity contribution in [1.82, 2.24) is 0 Å². The fraction of sp³-hybridized carbons (Fsp3) is 0. The molecule has 0 saturated heterocycles. The van der Waals surface area contributed by atoms with Gasteiger partial charge < -0.3 is 13.7 Å². The van der Waals surface area contributed by atoms with Gasteiger partial charge in [0, 0.05) is 16.2 Å². The van der Waals surface area contributed by atoms with Gasteiger partial charge in [-0.3, -0.25) is 0 Å². The summed E-state index contributed by atoms with van der Waals surface area (Å²) in [5, 5.41) is 1.06. The van der Waals surface area contributed by atoms with Crippen LogP contribution >= 0.6 is 0 Å². The van der Waals surface area contributed by atoms with Gasteiger partial charge in [-0.15, -0.1) is 0 Å². The van der Waals surface area contributed by atoms with E-state index < -0.39 is 30.4 Å². The topological polar surface area (TPSA) is 172 Å². The smallest absolute Gasteiger partial charge is 0.745 e. The molecule has 0 aromatic rings. The maximum Gasteiger partial charge on any atom is 3.00 e. The molecule has 0 aliphatic carbocycles. The molecule has 0 spiro atoms. The molecule has 0 saturated carbocycles. The van der Waals surface area contributed by atoms with E-state index in [1.165, 1.54) is 0 Å². The number of hydrogen-bond donors (Lipinski definition) is 0. The van der Waals surface area contributed by atoms with Crippen molar-refractivity contribution in [3.8, 4) is 0 Å². The van der Waals surface area contributed by atoms with E-state index in [2.05, 4.69) is 19.7 Å². The van der Waals surface area contributed by atoms with E-state index in [4.69, 9.17) is 0 Å². The predicted molar refractivity (Wildman–Crippen MR) is 59.7 cm³/mol. The van der Waals surface area contributed by atoms with Gasteiger partial charge in [0.15, 0.2) is 0 Å². The van der Waals surface area contributed by atoms with Gasteiger partial charge in [0.2, 0.25) is 0 Å². The summed E-state index contributed by atoms with van der Waals surface area (Å²) in [6.45, 7) is 8.19. The van der Waals surface area contributed by atoms with Gasteiger partial charge in [0.1, 0.15) is 30.4 Å². The zero-order valence-electron chi connectivity index (χ0n) is 9.04. The molecular formula is C6H9ErO9S3. The average molecular weight is 489 g/mol. The molecule has 0 aliphatic heterocycles. The minimum atomic E-state index is -4.15. The molecule has 9 nitrogen and oxygen atoms in total. The Labute approximate surface area is 141 Å². The van der Waals surface area contributed by atoms with E-state index in [9.17, 15) is 38.9 Å². The Hall–Kier alpha value is 0.197. The van der Waals surface area contributed by atoms with Crippen molar-refractivity contribution in [1.29, 1.82) is 0 Å². The number of hydrogen-bond acceptors (Lipinski definition) is 9. The molecule has 0 N–H and O–H groups in total. The summed E-state index contributed by atoms with van der Waals surface area (Å²) < 4.78 is 83.9. The van der Waals surface area contributed by atoms with Gasteiger partial charge in [0.25, 0.3) is 0 Å². The fourth-order valence-corrected chi connectivity index (χ4v) is 0. The van der Waals surface area contributed by atoms with Crippen LogP contribution in [-0.2, 0) is 30.4 Å². The number of rotatable bonds is 3. The van der Waals surface area contributed by atoms with Crippen LogP contribution in [0.5, 0.6) is 0 Å². The van der Waals surface area contributed by atoms with Crippen LogP contribution in [0, 0.1) is 37.3 Å². The first-order valence-electron chi connectivity index (χ1n) is 3.43. The third-order valence-electron chi connectivity index (χ3n) is 0.612. The second kappa shape index (κ2) is 12.0. The SMILES string of the molecule is C=CS(=O)(=O)[O-].C=CS(=O)(=O)[O-].C=CS(=O)(=O)[O-].[Er+3]. The molecule has 0 aromatic carbocycles. The monoisotopic (exact) mass is 487 g/mol. The summed E-state index contributed by atoms with van der Waals surface area (Å²) in [4.78, 5) is 0. The molecule has 0 heterocycles. The second-order valence-corrected chi connectivity index (χ2v) is 5.94. The van der Waals surface area contributed by atoms with Crippen LogP contribution in [0.4, 0.5) is 0 Å². The third kappa shape index (κ3) is 56.4. The maximum atomic E-state index is 9.33. The molecule has 0 amide bonds. The Morgan fingerprint density at radius 2 is 0.632 bits per heavy atom. The predicted octanol–water partition coefficient (Wildman–Crippen LogP) is -0.975. The van der Waals surface area contributed by atoms with Crippen LogP contribution in [0.15, 0.2) is 36.0 Å². The van der Waals surface area contributed by atoms with Crippen molar-refractivity contribution in [3.05, 3.63) is 36.0 Å². The van der Waals surface area contributed by atoms with Crippen LogP contribution < -0.4 is 0 Å². The summed E-state index contributed by atoms with van der Waals surface area (Å²) >= 11 is 0. The van der Waals surface area contributed by atoms with Crippen molar-refractivity contribution in [2.24, 2.45) is 0 Å². The van der Waals surface area contributed by atoms with Gasteiger partial charge in [-0.25, -0.2) is 25.3 Å². The van der Waals surface area contributed by atoms with E-state index in [0.29, 0.717) is 16.2 Å². The van der Waals surface area contributed by atoms with Gasteiger partial charge in [-0.05, 0) is 0 Å². The Balaban J connectivity index is -0.0000000865. The van der Waals surface area contributed by atoms with Crippen molar-refractivity contribution in [2.75, 3.05) is 0 Å². The van der Waals surface area contributed by atoms with Crippen LogP contribution in [-0.4, -0.2) is 38.9 Å². The molecule has 19 heavy (non-hydrogen) atoms. The molecular weight excluding hydrogens is 480 g/mol. The molecule has 0 unspecified atom stereocenters.